The van der Waals surface area contributed by atoms with Crippen LogP contribution in [0, 0.1) is 5.92 Å². The standard InChI is InChI=1S/C21H30N2O/c1-16(24)23-14-12-19(18-7-3-2-4-8-18)21-20(23)9-5-6-13-22(21)15-17-10-11-17/h2-4,7-8,17,19-21H,5-6,9-15H2,1H3/t19-,20-,21-/m1/s1. The fraction of sp³-hybridized carbons (Fsp3) is 0.667. The molecule has 1 aromatic carbocycles. The van der Waals surface area contributed by atoms with Gasteiger partial charge in [-0.25, -0.2) is 0 Å². The molecule has 1 saturated carbocycles. The normalized spacial score (nSPS) is 31.4. The summed E-state index contributed by atoms with van der Waals surface area (Å²) in [5, 5.41) is 0. The molecule has 2 heterocycles. The zero-order valence-corrected chi connectivity index (χ0v) is 14.9. The van der Waals surface area contributed by atoms with Gasteiger partial charge < -0.3 is 4.90 Å². The Morgan fingerprint density at radius 1 is 1.04 bits per heavy atom. The van der Waals surface area contributed by atoms with Crippen molar-refractivity contribution in [2.24, 2.45) is 5.92 Å². The van der Waals surface area contributed by atoms with Gasteiger partial charge in [0.15, 0.2) is 0 Å². The lowest BCUT2D eigenvalue weighted by Gasteiger charge is -2.49. The molecule has 3 nitrogen and oxygen atoms in total. The molecule has 1 amide bonds. The molecule has 0 bridgehead atoms. The molecule has 3 fully saturated rings. The molecular formula is C21H30N2O. The molecule has 130 valence electrons. The number of carbonyl (C=O) groups is 1. The molecule has 2 aliphatic heterocycles. The number of hydrogen-bond donors (Lipinski definition) is 0. The highest BCUT2D eigenvalue weighted by Gasteiger charge is 2.44. The predicted octanol–water partition coefficient (Wildman–Crippen LogP) is 3.66. The summed E-state index contributed by atoms with van der Waals surface area (Å²) in [6.07, 6.45) is 7.63. The maximum atomic E-state index is 12.3. The van der Waals surface area contributed by atoms with Crippen molar-refractivity contribution < 1.29 is 4.79 Å². The highest BCUT2D eigenvalue weighted by molar-refractivity contribution is 5.74. The lowest BCUT2D eigenvalue weighted by molar-refractivity contribution is -0.135. The number of amides is 1. The first-order chi connectivity index (χ1) is 11.7. The van der Waals surface area contributed by atoms with Gasteiger partial charge in [0.25, 0.3) is 0 Å². The third-order valence-corrected chi connectivity index (χ3v) is 6.33. The summed E-state index contributed by atoms with van der Waals surface area (Å²) in [6, 6.07) is 12.0. The summed E-state index contributed by atoms with van der Waals surface area (Å²) in [5.74, 6) is 1.75. The van der Waals surface area contributed by atoms with E-state index in [1.165, 1.54) is 50.8 Å². The summed E-state index contributed by atoms with van der Waals surface area (Å²) in [7, 11) is 0. The summed E-state index contributed by atoms with van der Waals surface area (Å²) in [4.78, 5) is 17.2. The third kappa shape index (κ3) is 3.23. The van der Waals surface area contributed by atoms with Gasteiger partial charge in [0.2, 0.25) is 5.91 Å². The van der Waals surface area contributed by atoms with Crippen LogP contribution in [0.1, 0.15) is 56.9 Å². The van der Waals surface area contributed by atoms with E-state index in [0.29, 0.717) is 18.0 Å². The highest BCUT2D eigenvalue weighted by atomic mass is 16.2. The Balaban J connectivity index is 1.67. The van der Waals surface area contributed by atoms with Crippen LogP contribution < -0.4 is 0 Å². The molecule has 0 radical (unpaired) electrons. The first-order valence-corrected chi connectivity index (χ1v) is 9.80. The summed E-state index contributed by atoms with van der Waals surface area (Å²) in [5.41, 5.74) is 1.47. The largest absolute Gasteiger partial charge is 0.338 e. The highest BCUT2D eigenvalue weighted by Crippen LogP contribution is 2.41. The Labute approximate surface area is 146 Å². The van der Waals surface area contributed by atoms with Crippen LogP contribution in [0.5, 0.6) is 0 Å². The third-order valence-electron chi connectivity index (χ3n) is 6.33. The molecule has 0 N–H and O–H groups in total. The van der Waals surface area contributed by atoms with Crippen LogP contribution >= 0.6 is 0 Å². The molecule has 0 spiro atoms. The Morgan fingerprint density at radius 3 is 2.54 bits per heavy atom. The molecule has 0 unspecified atom stereocenters. The van der Waals surface area contributed by atoms with Crippen molar-refractivity contribution in [3.63, 3.8) is 0 Å². The van der Waals surface area contributed by atoms with Crippen molar-refractivity contribution in [3.05, 3.63) is 35.9 Å². The Morgan fingerprint density at radius 2 is 1.83 bits per heavy atom. The number of nitrogens with zero attached hydrogens (tertiary/aromatic N) is 2. The van der Waals surface area contributed by atoms with Crippen LogP contribution in [-0.2, 0) is 4.79 Å². The number of rotatable bonds is 3. The molecule has 3 aliphatic rings. The van der Waals surface area contributed by atoms with E-state index in [2.05, 4.69) is 40.1 Å². The van der Waals surface area contributed by atoms with Crippen molar-refractivity contribution in [2.75, 3.05) is 19.6 Å². The average molecular weight is 326 g/mol. The minimum Gasteiger partial charge on any atom is -0.338 e. The fourth-order valence-electron chi connectivity index (χ4n) is 5.01. The lowest BCUT2D eigenvalue weighted by atomic mass is 9.78. The number of piperidine rings is 1. The van der Waals surface area contributed by atoms with Crippen molar-refractivity contribution in [2.45, 2.75) is 63.5 Å². The van der Waals surface area contributed by atoms with E-state index in [9.17, 15) is 4.79 Å². The summed E-state index contributed by atoms with van der Waals surface area (Å²) >= 11 is 0. The Hall–Kier alpha value is -1.35. The van der Waals surface area contributed by atoms with E-state index in [1.54, 1.807) is 6.92 Å². The summed E-state index contributed by atoms with van der Waals surface area (Å²) < 4.78 is 0. The van der Waals surface area contributed by atoms with Gasteiger partial charge in [-0.1, -0.05) is 36.8 Å². The van der Waals surface area contributed by atoms with Crippen molar-refractivity contribution in [1.29, 1.82) is 0 Å². The minimum atomic E-state index is 0.268. The molecule has 1 aromatic rings. The van der Waals surface area contributed by atoms with Gasteiger partial charge in [-0.3, -0.25) is 9.69 Å². The van der Waals surface area contributed by atoms with E-state index >= 15 is 0 Å². The van der Waals surface area contributed by atoms with Crippen LogP contribution in [0.3, 0.4) is 0 Å². The first-order valence-electron chi connectivity index (χ1n) is 9.80. The number of fused-ring (bicyclic) bond motifs is 1. The molecule has 24 heavy (non-hydrogen) atoms. The topological polar surface area (TPSA) is 23.6 Å². The average Bonchev–Trinajstić information content (AvgIpc) is 3.43. The quantitative estimate of drug-likeness (QED) is 0.846. The molecule has 3 heteroatoms. The van der Waals surface area contributed by atoms with Crippen molar-refractivity contribution in [3.8, 4) is 0 Å². The summed E-state index contributed by atoms with van der Waals surface area (Å²) in [6.45, 7) is 5.15. The van der Waals surface area contributed by atoms with Crippen LogP contribution in [0.2, 0.25) is 0 Å². The van der Waals surface area contributed by atoms with Gasteiger partial charge in [-0.05, 0) is 50.1 Å². The van der Waals surface area contributed by atoms with Crippen LogP contribution in [0.15, 0.2) is 30.3 Å². The van der Waals surface area contributed by atoms with Gasteiger partial charge in [0, 0.05) is 38.0 Å². The predicted molar refractivity (Wildman–Crippen MR) is 96.9 cm³/mol. The van der Waals surface area contributed by atoms with E-state index in [4.69, 9.17) is 0 Å². The molecule has 0 aromatic heterocycles. The van der Waals surface area contributed by atoms with Gasteiger partial charge in [-0.2, -0.15) is 0 Å². The molecular weight excluding hydrogens is 296 g/mol. The van der Waals surface area contributed by atoms with E-state index in [0.717, 1.165) is 18.9 Å². The van der Waals surface area contributed by atoms with E-state index in [-0.39, 0.29) is 5.91 Å². The number of likely N-dealkylation sites (tertiary alicyclic amines) is 2. The zero-order chi connectivity index (χ0) is 16.5. The zero-order valence-electron chi connectivity index (χ0n) is 14.9. The second-order valence-corrected chi connectivity index (χ2v) is 8.01. The van der Waals surface area contributed by atoms with Crippen LogP contribution in [-0.4, -0.2) is 47.4 Å². The van der Waals surface area contributed by atoms with Crippen molar-refractivity contribution in [1.82, 2.24) is 9.80 Å². The smallest absolute Gasteiger partial charge is 0.219 e. The number of hydrogen-bond acceptors (Lipinski definition) is 2. The molecule has 4 rings (SSSR count). The van der Waals surface area contributed by atoms with Crippen LogP contribution in [0.25, 0.3) is 0 Å². The number of carbonyl (C=O) groups excluding carboxylic acids is 1. The van der Waals surface area contributed by atoms with E-state index in [1.807, 2.05) is 0 Å². The van der Waals surface area contributed by atoms with Gasteiger partial charge in [0.1, 0.15) is 0 Å². The number of benzene rings is 1. The van der Waals surface area contributed by atoms with E-state index < -0.39 is 0 Å². The van der Waals surface area contributed by atoms with Crippen LogP contribution in [0.4, 0.5) is 0 Å². The van der Waals surface area contributed by atoms with Crippen molar-refractivity contribution >= 4 is 5.91 Å². The maximum Gasteiger partial charge on any atom is 0.219 e. The first kappa shape index (κ1) is 16.1. The molecule has 1 aliphatic carbocycles. The Kier molecular flexibility index (Phi) is 4.62. The van der Waals surface area contributed by atoms with Gasteiger partial charge in [-0.15, -0.1) is 0 Å². The Bertz CT molecular complexity index is 568. The fourth-order valence-corrected chi connectivity index (χ4v) is 5.01. The SMILES string of the molecule is CC(=O)N1CC[C@H](c2ccccc2)[C@@H]2[C@H]1CCCCN2CC1CC1. The van der Waals surface area contributed by atoms with Gasteiger partial charge >= 0.3 is 0 Å². The lowest BCUT2D eigenvalue weighted by Crippen LogP contribution is -2.59. The second kappa shape index (κ2) is 6.87. The maximum absolute atomic E-state index is 12.3. The molecule has 3 atom stereocenters. The van der Waals surface area contributed by atoms with Gasteiger partial charge in [0.05, 0.1) is 0 Å². The second-order valence-electron chi connectivity index (χ2n) is 8.01. The molecule has 2 saturated heterocycles. The minimum absolute atomic E-state index is 0.268. The monoisotopic (exact) mass is 326 g/mol.